The van der Waals surface area contributed by atoms with Gasteiger partial charge in [-0.25, -0.2) is 9.78 Å². The summed E-state index contributed by atoms with van der Waals surface area (Å²) < 4.78 is 7.47. The summed E-state index contributed by atoms with van der Waals surface area (Å²) in [6, 6.07) is 13.6. The van der Waals surface area contributed by atoms with Crippen molar-refractivity contribution in [3.63, 3.8) is 0 Å². The lowest BCUT2D eigenvalue weighted by atomic mass is 10.0. The molecule has 0 fully saturated rings. The van der Waals surface area contributed by atoms with Crippen LogP contribution < -0.4 is 0 Å². The third kappa shape index (κ3) is 2.81. The van der Waals surface area contributed by atoms with Gasteiger partial charge in [0.25, 0.3) is 0 Å². The van der Waals surface area contributed by atoms with Crippen molar-refractivity contribution in [3.8, 4) is 0 Å². The summed E-state index contributed by atoms with van der Waals surface area (Å²) in [4.78, 5) is 21.9. The molecular formula is C21H19N3O2. The smallest absolute Gasteiger partial charge is 0.340 e. The molecule has 5 heteroatoms. The molecule has 0 saturated heterocycles. The first-order valence-corrected chi connectivity index (χ1v) is 8.65. The Balaban J connectivity index is 1.64. The van der Waals surface area contributed by atoms with E-state index in [0.29, 0.717) is 17.7 Å². The summed E-state index contributed by atoms with van der Waals surface area (Å²) in [5.41, 5.74) is 4.69. The number of pyridine rings is 2. The van der Waals surface area contributed by atoms with Crippen molar-refractivity contribution in [2.45, 2.75) is 26.9 Å². The molecule has 0 atom stereocenters. The topological polar surface area (TPSA) is 56.5 Å². The van der Waals surface area contributed by atoms with Gasteiger partial charge in [-0.1, -0.05) is 31.2 Å². The van der Waals surface area contributed by atoms with E-state index in [4.69, 9.17) is 4.74 Å². The Hall–Kier alpha value is -3.21. The zero-order chi connectivity index (χ0) is 18.1. The van der Waals surface area contributed by atoms with Crippen molar-refractivity contribution < 1.29 is 9.53 Å². The van der Waals surface area contributed by atoms with Gasteiger partial charge in [0.2, 0.25) is 0 Å². The first kappa shape index (κ1) is 16.3. The molecule has 1 aromatic carbocycles. The number of aryl methyl sites for hydroxylation is 2. The highest BCUT2D eigenvalue weighted by atomic mass is 16.5. The Morgan fingerprint density at radius 2 is 1.92 bits per heavy atom. The van der Waals surface area contributed by atoms with Crippen molar-refractivity contribution >= 4 is 22.5 Å². The minimum atomic E-state index is -0.352. The lowest BCUT2D eigenvalue weighted by molar-refractivity contribution is 0.0466. The van der Waals surface area contributed by atoms with E-state index in [-0.39, 0.29) is 12.6 Å². The second kappa shape index (κ2) is 6.59. The Morgan fingerprint density at radius 1 is 1.12 bits per heavy atom. The molecule has 0 N–H and O–H groups in total. The summed E-state index contributed by atoms with van der Waals surface area (Å²) in [6.07, 6.45) is 4.46. The van der Waals surface area contributed by atoms with Crippen LogP contribution in [-0.4, -0.2) is 20.3 Å². The quantitative estimate of drug-likeness (QED) is 0.522. The van der Waals surface area contributed by atoms with Gasteiger partial charge in [-0.15, -0.1) is 0 Å². The van der Waals surface area contributed by atoms with E-state index in [1.807, 2.05) is 73.1 Å². The molecule has 4 aromatic rings. The van der Waals surface area contributed by atoms with Gasteiger partial charge in [0.05, 0.1) is 22.5 Å². The highest BCUT2D eigenvalue weighted by molar-refractivity contribution is 5.98. The highest BCUT2D eigenvalue weighted by Gasteiger charge is 2.19. The number of aromatic nitrogens is 3. The Labute approximate surface area is 151 Å². The molecular weight excluding hydrogens is 326 g/mol. The highest BCUT2D eigenvalue weighted by Crippen LogP contribution is 2.24. The molecule has 26 heavy (non-hydrogen) atoms. The maximum absolute atomic E-state index is 12.8. The second-order valence-corrected chi connectivity index (χ2v) is 6.20. The van der Waals surface area contributed by atoms with E-state index in [2.05, 4.69) is 9.97 Å². The van der Waals surface area contributed by atoms with Crippen LogP contribution in [0.4, 0.5) is 0 Å². The van der Waals surface area contributed by atoms with Crippen LogP contribution in [-0.2, 0) is 17.8 Å². The third-order valence-corrected chi connectivity index (χ3v) is 4.53. The number of ether oxygens (including phenoxy) is 1. The van der Waals surface area contributed by atoms with Crippen LogP contribution in [0.2, 0.25) is 0 Å². The molecule has 0 radical (unpaired) electrons. The molecule has 0 saturated carbocycles. The molecule has 0 bridgehead atoms. The largest absolute Gasteiger partial charge is 0.455 e. The monoisotopic (exact) mass is 345 g/mol. The standard InChI is InChI=1S/C21H19N3O2/c1-3-17-20(14(2)16-8-4-5-9-18(16)23-17)21(25)26-13-15-12-24-11-7-6-10-19(24)22-15/h4-12H,3,13H2,1-2H3. The SMILES string of the molecule is CCc1nc2ccccc2c(C)c1C(=O)OCc1cn2ccccc2n1. The fraction of sp³-hybridized carbons (Fsp3) is 0.190. The van der Waals surface area contributed by atoms with Crippen molar-refractivity contribution in [1.29, 1.82) is 0 Å². The third-order valence-electron chi connectivity index (χ3n) is 4.53. The van der Waals surface area contributed by atoms with E-state index in [0.717, 1.165) is 27.8 Å². The van der Waals surface area contributed by atoms with Crippen LogP contribution >= 0.6 is 0 Å². The van der Waals surface area contributed by atoms with Gasteiger partial charge in [-0.2, -0.15) is 0 Å². The van der Waals surface area contributed by atoms with Crippen LogP contribution in [0.1, 0.15) is 34.2 Å². The maximum Gasteiger partial charge on any atom is 0.340 e. The fourth-order valence-electron chi connectivity index (χ4n) is 3.24. The van der Waals surface area contributed by atoms with E-state index >= 15 is 0 Å². The summed E-state index contributed by atoms with van der Waals surface area (Å²) in [7, 11) is 0. The molecule has 0 aliphatic heterocycles. The van der Waals surface area contributed by atoms with E-state index < -0.39 is 0 Å². The Morgan fingerprint density at radius 3 is 2.73 bits per heavy atom. The second-order valence-electron chi connectivity index (χ2n) is 6.20. The van der Waals surface area contributed by atoms with Crippen LogP contribution in [0.3, 0.4) is 0 Å². The fourth-order valence-corrected chi connectivity index (χ4v) is 3.24. The number of hydrogen-bond acceptors (Lipinski definition) is 4. The van der Waals surface area contributed by atoms with Gasteiger partial charge in [0.15, 0.2) is 0 Å². The number of hydrogen-bond donors (Lipinski definition) is 0. The summed E-state index contributed by atoms with van der Waals surface area (Å²) in [5.74, 6) is -0.352. The molecule has 0 unspecified atom stereocenters. The van der Waals surface area contributed by atoms with E-state index in [1.165, 1.54) is 0 Å². The zero-order valence-electron chi connectivity index (χ0n) is 14.8. The molecule has 5 nitrogen and oxygen atoms in total. The van der Waals surface area contributed by atoms with Gasteiger partial charge in [-0.05, 0) is 37.1 Å². The van der Waals surface area contributed by atoms with Crippen molar-refractivity contribution in [2.75, 3.05) is 0 Å². The summed E-state index contributed by atoms with van der Waals surface area (Å²) >= 11 is 0. The average molecular weight is 345 g/mol. The number of nitrogens with zero attached hydrogens (tertiary/aromatic N) is 3. The number of imidazole rings is 1. The molecule has 4 rings (SSSR count). The summed E-state index contributed by atoms with van der Waals surface area (Å²) in [6.45, 7) is 4.08. The van der Waals surface area contributed by atoms with Crippen LogP contribution in [0.5, 0.6) is 0 Å². The van der Waals surface area contributed by atoms with Crippen molar-refractivity contribution in [3.05, 3.63) is 77.4 Å². The number of carbonyl (C=O) groups is 1. The number of para-hydroxylation sites is 1. The van der Waals surface area contributed by atoms with Gasteiger partial charge < -0.3 is 9.14 Å². The van der Waals surface area contributed by atoms with Gasteiger partial charge in [0.1, 0.15) is 12.3 Å². The molecule has 0 aliphatic carbocycles. The zero-order valence-corrected chi connectivity index (χ0v) is 14.8. The van der Waals surface area contributed by atoms with E-state index in [9.17, 15) is 4.79 Å². The molecule has 0 spiro atoms. The van der Waals surface area contributed by atoms with Crippen molar-refractivity contribution in [2.24, 2.45) is 0 Å². The van der Waals surface area contributed by atoms with Crippen molar-refractivity contribution in [1.82, 2.24) is 14.4 Å². The van der Waals surface area contributed by atoms with Gasteiger partial charge in [-0.3, -0.25) is 4.98 Å². The minimum Gasteiger partial charge on any atom is -0.455 e. The van der Waals surface area contributed by atoms with E-state index in [1.54, 1.807) is 0 Å². The minimum absolute atomic E-state index is 0.135. The molecule has 0 aliphatic rings. The predicted molar refractivity (Wildman–Crippen MR) is 100 cm³/mol. The maximum atomic E-state index is 12.8. The first-order chi connectivity index (χ1) is 12.7. The molecule has 3 aromatic heterocycles. The number of carbonyl (C=O) groups excluding carboxylic acids is 1. The molecule has 0 amide bonds. The lowest BCUT2D eigenvalue weighted by Gasteiger charge is -2.13. The van der Waals surface area contributed by atoms with Crippen LogP contribution in [0.25, 0.3) is 16.6 Å². The van der Waals surface area contributed by atoms with Gasteiger partial charge >= 0.3 is 5.97 Å². The average Bonchev–Trinajstić information content (AvgIpc) is 3.09. The summed E-state index contributed by atoms with van der Waals surface area (Å²) in [5, 5.41) is 0.976. The van der Waals surface area contributed by atoms with Gasteiger partial charge in [0, 0.05) is 17.8 Å². The number of benzene rings is 1. The number of esters is 1. The van der Waals surface area contributed by atoms with Crippen LogP contribution in [0, 0.1) is 6.92 Å². The normalized spacial score (nSPS) is 11.2. The number of fused-ring (bicyclic) bond motifs is 2. The first-order valence-electron chi connectivity index (χ1n) is 8.65. The molecule has 130 valence electrons. The molecule has 3 heterocycles. The van der Waals surface area contributed by atoms with Crippen LogP contribution in [0.15, 0.2) is 54.9 Å². The lowest BCUT2D eigenvalue weighted by Crippen LogP contribution is -2.12. The number of rotatable bonds is 4. The Kier molecular flexibility index (Phi) is 4.13. The predicted octanol–water partition coefficient (Wildman–Crippen LogP) is 4.11. The Bertz CT molecular complexity index is 1080.